The standard InChI is InChI=1S/C12H21N3OS/c1-10(2)8-15(6-3-4-13)12(16)11-9-17-7-5-14-11/h10-11,14H,3,5-9H2,1-2H3. The van der Waals surface area contributed by atoms with E-state index in [0.29, 0.717) is 18.9 Å². The number of hydrogen-bond acceptors (Lipinski definition) is 4. The summed E-state index contributed by atoms with van der Waals surface area (Å²) in [7, 11) is 0. The molecule has 1 aliphatic rings. The second-order valence-corrected chi connectivity index (χ2v) is 5.82. The van der Waals surface area contributed by atoms with Gasteiger partial charge in [-0.25, -0.2) is 0 Å². The third-order valence-corrected chi connectivity index (χ3v) is 3.67. The van der Waals surface area contributed by atoms with E-state index in [-0.39, 0.29) is 11.9 Å². The lowest BCUT2D eigenvalue weighted by atomic mass is 10.1. The molecule has 1 atom stereocenters. The zero-order valence-electron chi connectivity index (χ0n) is 10.6. The van der Waals surface area contributed by atoms with E-state index in [9.17, 15) is 4.79 Å². The number of hydrogen-bond donors (Lipinski definition) is 1. The first-order valence-corrected chi connectivity index (χ1v) is 7.27. The summed E-state index contributed by atoms with van der Waals surface area (Å²) in [5, 5.41) is 11.9. The average molecular weight is 255 g/mol. The van der Waals surface area contributed by atoms with E-state index in [1.807, 2.05) is 16.7 Å². The number of rotatable bonds is 5. The van der Waals surface area contributed by atoms with Gasteiger partial charge in [0.25, 0.3) is 0 Å². The van der Waals surface area contributed by atoms with Gasteiger partial charge in [0.2, 0.25) is 5.91 Å². The zero-order valence-corrected chi connectivity index (χ0v) is 11.4. The van der Waals surface area contributed by atoms with E-state index in [1.165, 1.54) is 0 Å². The Balaban J connectivity index is 2.54. The van der Waals surface area contributed by atoms with Gasteiger partial charge >= 0.3 is 0 Å². The van der Waals surface area contributed by atoms with Crippen LogP contribution in [0.5, 0.6) is 0 Å². The molecule has 0 bridgehead atoms. The number of nitriles is 1. The molecule has 1 heterocycles. The Morgan fingerprint density at radius 2 is 2.41 bits per heavy atom. The fourth-order valence-corrected chi connectivity index (χ4v) is 2.79. The van der Waals surface area contributed by atoms with Gasteiger partial charge < -0.3 is 10.2 Å². The number of amides is 1. The second kappa shape index (κ2) is 7.57. The molecule has 1 saturated heterocycles. The summed E-state index contributed by atoms with van der Waals surface area (Å²) >= 11 is 1.82. The Bertz CT molecular complexity index is 282. The molecule has 4 nitrogen and oxygen atoms in total. The van der Waals surface area contributed by atoms with E-state index in [4.69, 9.17) is 5.26 Å². The average Bonchev–Trinajstić information content (AvgIpc) is 2.34. The predicted molar refractivity (Wildman–Crippen MR) is 70.8 cm³/mol. The number of thioether (sulfide) groups is 1. The molecule has 1 fully saturated rings. The molecule has 17 heavy (non-hydrogen) atoms. The van der Waals surface area contributed by atoms with Crippen molar-refractivity contribution >= 4 is 17.7 Å². The molecule has 0 spiro atoms. The minimum absolute atomic E-state index is 0.0637. The summed E-state index contributed by atoms with van der Waals surface area (Å²) in [5.41, 5.74) is 0. The number of nitrogens with one attached hydrogen (secondary N) is 1. The number of carbonyl (C=O) groups excluding carboxylic acids is 1. The number of carbonyl (C=O) groups is 1. The molecule has 1 unspecified atom stereocenters. The van der Waals surface area contributed by atoms with Crippen LogP contribution in [0.3, 0.4) is 0 Å². The van der Waals surface area contributed by atoms with Crippen LogP contribution in [-0.2, 0) is 4.79 Å². The largest absolute Gasteiger partial charge is 0.340 e. The van der Waals surface area contributed by atoms with E-state index in [0.717, 1.165) is 24.6 Å². The van der Waals surface area contributed by atoms with Gasteiger partial charge in [-0.2, -0.15) is 17.0 Å². The minimum Gasteiger partial charge on any atom is -0.340 e. The predicted octanol–water partition coefficient (Wildman–Crippen LogP) is 1.09. The molecule has 96 valence electrons. The lowest BCUT2D eigenvalue weighted by Gasteiger charge is -2.30. The SMILES string of the molecule is CC(C)CN(CCC#N)C(=O)C1CSCCN1. The molecule has 1 amide bonds. The summed E-state index contributed by atoms with van der Waals surface area (Å²) in [6.45, 7) is 6.37. The fourth-order valence-electron chi connectivity index (χ4n) is 1.86. The van der Waals surface area contributed by atoms with Gasteiger partial charge in [0.15, 0.2) is 0 Å². The molecule has 0 aromatic carbocycles. The maximum Gasteiger partial charge on any atom is 0.240 e. The summed E-state index contributed by atoms with van der Waals surface area (Å²) in [6, 6.07) is 2.05. The highest BCUT2D eigenvalue weighted by molar-refractivity contribution is 7.99. The summed E-state index contributed by atoms with van der Waals surface area (Å²) in [4.78, 5) is 14.1. The minimum atomic E-state index is -0.0637. The van der Waals surface area contributed by atoms with Crippen LogP contribution in [0.2, 0.25) is 0 Å². The molecule has 0 saturated carbocycles. The smallest absolute Gasteiger partial charge is 0.240 e. The molecule has 1 aliphatic heterocycles. The molecular weight excluding hydrogens is 234 g/mol. The third kappa shape index (κ3) is 4.97. The fraction of sp³-hybridized carbons (Fsp3) is 0.833. The lowest BCUT2D eigenvalue weighted by Crippen LogP contribution is -2.51. The molecule has 1 rings (SSSR count). The quantitative estimate of drug-likeness (QED) is 0.799. The summed E-state index contributed by atoms with van der Waals surface area (Å²) in [6.07, 6.45) is 0.415. The van der Waals surface area contributed by atoms with Crippen LogP contribution in [-0.4, -0.2) is 48.0 Å². The van der Waals surface area contributed by atoms with E-state index in [2.05, 4.69) is 25.2 Å². The Morgan fingerprint density at radius 3 is 2.94 bits per heavy atom. The highest BCUT2D eigenvalue weighted by Gasteiger charge is 2.25. The van der Waals surface area contributed by atoms with E-state index < -0.39 is 0 Å². The third-order valence-electron chi connectivity index (χ3n) is 2.61. The highest BCUT2D eigenvalue weighted by Crippen LogP contribution is 2.11. The topological polar surface area (TPSA) is 56.1 Å². The van der Waals surface area contributed by atoms with Gasteiger partial charge in [-0.1, -0.05) is 13.8 Å². The Kier molecular flexibility index (Phi) is 6.38. The van der Waals surface area contributed by atoms with Gasteiger partial charge in [0, 0.05) is 31.1 Å². The maximum absolute atomic E-state index is 12.3. The Labute approximate surface area is 108 Å². The summed E-state index contributed by atoms with van der Waals surface area (Å²) < 4.78 is 0. The first kappa shape index (κ1) is 14.3. The zero-order chi connectivity index (χ0) is 12.7. The van der Waals surface area contributed by atoms with Crippen molar-refractivity contribution in [2.75, 3.05) is 31.1 Å². The van der Waals surface area contributed by atoms with Crippen LogP contribution in [0.1, 0.15) is 20.3 Å². The molecule has 1 N–H and O–H groups in total. The van der Waals surface area contributed by atoms with Gasteiger partial charge in [0.05, 0.1) is 18.5 Å². The van der Waals surface area contributed by atoms with Crippen molar-refractivity contribution in [2.45, 2.75) is 26.3 Å². The van der Waals surface area contributed by atoms with Crippen LogP contribution in [0, 0.1) is 17.2 Å². The van der Waals surface area contributed by atoms with Crippen LogP contribution in [0.4, 0.5) is 0 Å². The van der Waals surface area contributed by atoms with Crippen LogP contribution in [0.25, 0.3) is 0 Å². The van der Waals surface area contributed by atoms with Crippen molar-refractivity contribution in [3.63, 3.8) is 0 Å². The van der Waals surface area contributed by atoms with Gasteiger partial charge in [-0.05, 0) is 5.92 Å². The first-order valence-electron chi connectivity index (χ1n) is 6.12. The molecule has 0 aromatic heterocycles. The van der Waals surface area contributed by atoms with Crippen LogP contribution < -0.4 is 5.32 Å². The van der Waals surface area contributed by atoms with E-state index in [1.54, 1.807) is 0 Å². The van der Waals surface area contributed by atoms with Crippen LogP contribution in [0.15, 0.2) is 0 Å². The van der Waals surface area contributed by atoms with E-state index >= 15 is 0 Å². The van der Waals surface area contributed by atoms with Crippen molar-refractivity contribution in [1.82, 2.24) is 10.2 Å². The summed E-state index contributed by atoms with van der Waals surface area (Å²) in [5.74, 6) is 2.52. The monoisotopic (exact) mass is 255 g/mol. The second-order valence-electron chi connectivity index (χ2n) is 4.67. The van der Waals surface area contributed by atoms with Crippen molar-refractivity contribution < 1.29 is 4.79 Å². The van der Waals surface area contributed by atoms with Crippen molar-refractivity contribution in [1.29, 1.82) is 5.26 Å². The lowest BCUT2D eigenvalue weighted by molar-refractivity contribution is -0.133. The van der Waals surface area contributed by atoms with Crippen molar-refractivity contribution in [3.05, 3.63) is 0 Å². The molecular formula is C12H21N3OS. The van der Waals surface area contributed by atoms with Crippen LogP contribution >= 0.6 is 11.8 Å². The maximum atomic E-state index is 12.3. The van der Waals surface area contributed by atoms with Gasteiger partial charge in [-0.3, -0.25) is 4.79 Å². The van der Waals surface area contributed by atoms with Crippen molar-refractivity contribution in [3.8, 4) is 6.07 Å². The Hall–Kier alpha value is -0.730. The normalized spacial score (nSPS) is 20.0. The van der Waals surface area contributed by atoms with Gasteiger partial charge in [0.1, 0.15) is 0 Å². The molecule has 5 heteroatoms. The van der Waals surface area contributed by atoms with Crippen molar-refractivity contribution in [2.24, 2.45) is 5.92 Å². The molecule has 0 aliphatic carbocycles. The Morgan fingerprint density at radius 1 is 1.65 bits per heavy atom. The van der Waals surface area contributed by atoms with Gasteiger partial charge in [-0.15, -0.1) is 0 Å². The molecule has 0 radical (unpaired) electrons. The number of nitrogens with zero attached hydrogens (tertiary/aromatic N) is 2. The highest BCUT2D eigenvalue weighted by atomic mass is 32.2. The molecule has 0 aromatic rings. The first-order chi connectivity index (χ1) is 8.15.